The highest BCUT2D eigenvalue weighted by atomic mass is 14.7. The van der Waals surface area contributed by atoms with Crippen molar-refractivity contribution >= 4 is 6.21 Å². The van der Waals surface area contributed by atoms with Gasteiger partial charge in [-0.2, -0.15) is 0 Å². The van der Waals surface area contributed by atoms with Crippen LogP contribution in [0.5, 0.6) is 0 Å². The zero-order chi connectivity index (χ0) is 19.2. The van der Waals surface area contributed by atoms with Crippen molar-refractivity contribution in [1.82, 2.24) is 0 Å². The maximum atomic E-state index is 4.58. The van der Waals surface area contributed by atoms with E-state index in [1.165, 1.54) is 42.4 Å². The molecule has 0 aromatic carbocycles. The molecular formula is C24H41N. The normalized spacial score (nSPS) is 14.9. The molecule has 0 spiro atoms. The summed E-state index contributed by atoms with van der Waals surface area (Å²) in [5.41, 5.74) is 4.99. The van der Waals surface area contributed by atoms with Crippen molar-refractivity contribution in [2.24, 2.45) is 16.8 Å². The predicted molar refractivity (Wildman–Crippen MR) is 116 cm³/mol. The average molecular weight is 344 g/mol. The minimum Gasteiger partial charge on any atom is -0.262 e. The molecule has 0 radical (unpaired) electrons. The molecule has 2 unspecified atom stereocenters. The van der Waals surface area contributed by atoms with Crippen molar-refractivity contribution in [1.29, 1.82) is 0 Å². The molecule has 0 aliphatic rings. The van der Waals surface area contributed by atoms with E-state index in [2.05, 4.69) is 78.3 Å². The number of allylic oxidation sites excluding steroid dienone is 7. The van der Waals surface area contributed by atoms with Crippen LogP contribution in [-0.2, 0) is 0 Å². The van der Waals surface area contributed by atoms with E-state index < -0.39 is 0 Å². The van der Waals surface area contributed by atoms with Crippen molar-refractivity contribution < 1.29 is 0 Å². The smallest absolute Gasteiger partial charge is 0.0338 e. The van der Waals surface area contributed by atoms with Crippen molar-refractivity contribution in [3.63, 3.8) is 0 Å². The Bertz CT molecular complexity index is 498. The number of rotatable bonds is 12. The van der Waals surface area contributed by atoms with Crippen LogP contribution in [0.25, 0.3) is 0 Å². The van der Waals surface area contributed by atoms with Crippen LogP contribution in [0.3, 0.4) is 0 Å². The largest absolute Gasteiger partial charge is 0.262 e. The van der Waals surface area contributed by atoms with Crippen LogP contribution >= 0.6 is 0 Å². The molecule has 1 nitrogen and oxygen atoms in total. The van der Waals surface area contributed by atoms with Gasteiger partial charge in [0, 0.05) is 11.9 Å². The lowest BCUT2D eigenvalue weighted by molar-refractivity contribution is 0.488. The first-order valence-corrected chi connectivity index (χ1v) is 9.95. The number of hydrogen-bond acceptors (Lipinski definition) is 1. The summed E-state index contributed by atoms with van der Waals surface area (Å²) >= 11 is 0. The third kappa shape index (κ3) is 11.8. The van der Waals surface area contributed by atoms with Crippen LogP contribution in [0, 0.1) is 11.8 Å². The van der Waals surface area contributed by atoms with Gasteiger partial charge in [-0.3, -0.25) is 4.99 Å². The SMILES string of the molecule is C=C(CC(C/C=C/C)/C(C)=C\CCC(C)CCC)N=CC(C)=C(C)C. The standard InChI is InChI=1S/C24H41N/c1-9-11-16-24(17-23(8)25-18-22(7)19(3)4)21(6)15-12-14-20(5)13-10-2/h9,11,15,18,20,24H,8,10,12-14,16-17H2,1-7H3/b11-9+,21-15-,25-18?. The molecule has 0 aromatic rings. The summed E-state index contributed by atoms with van der Waals surface area (Å²) in [6.45, 7) is 19.5. The predicted octanol–water partition coefficient (Wildman–Crippen LogP) is 8.06. The van der Waals surface area contributed by atoms with Gasteiger partial charge in [0.2, 0.25) is 0 Å². The fourth-order valence-electron chi connectivity index (χ4n) is 2.78. The fraction of sp³-hybridized carbons (Fsp3) is 0.625. The minimum absolute atomic E-state index is 0.509. The van der Waals surface area contributed by atoms with Gasteiger partial charge in [0.15, 0.2) is 0 Å². The zero-order valence-corrected chi connectivity index (χ0v) is 17.9. The molecule has 2 atom stereocenters. The van der Waals surface area contributed by atoms with Gasteiger partial charge < -0.3 is 0 Å². The minimum atomic E-state index is 0.509. The fourth-order valence-corrected chi connectivity index (χ4v) is 2.78. The molecule has 142 valence electrons. The lowest BCUT2D eigenvalue weighted by Crippen LogP contribution is -2.03. The van der Waals surface area contributed by atoms with Gasteiger partial charge in [-0.05, 0) is 77.7 Å². The number of aliphatic imine (C=N–C) groups is 1. The molecule has 0 N–H and O–H groups in total. The van der Waals surface area contributed by atoms with Crippen LogP contribution < -0.4 is 0 Å². The first-order valence-electron chi connectivity index (χ1n) is 9.95. The highest BCUT2D eigenvalue weighted by Crippen LogP contribution is 2.25. The Labute approximate surface area is 157 Å². The molecule has 0 aliphatic carbocycles. The summed E-state index contributed by atoms with van der Waals surface area (Å²) in [6, 6.07) is 0. The third-order valence-corrected chi connectivity index (χ3v) is 4.92. The average Bonchev–Trinajstić information content (AvgIpc) is 2.56. The highest BCUT2D eigenvalue weighted by Gasteiger charge is 2.11. The maximum Gasteiger partial charge on any atom is 0.0338 e. The van der Waals surface area contributed by atoms with E-state index in [1.54, 1.807) is 0 Å². The lowest BCUT2D eigenvalue weighted by Gasteiger charge is -2.17. The second kappa shape index (κ2) is 13.9. The second-order valence-electron chi connectivity index (χ2n) is 7.63. The van der Waals surface area contributed by atoms with E-state index in [1.807, 2.05) is 6.21 Å². The molecule has 25 heavy (non-hydrogen) atoms. The maximum absolute atomic E-state index is 4.58. The van der Waals surface area contributed by atoms with Gasteiger partial charge in [-0.1, -0.05) is 62.6 Å². The molecule has 0 aliphatic heterocycles. The molecule has 0 amide bonds. The third-order valence-electron chi connectivity index (χ3n) is 4.92. The van der Waals surface area contributed by atoms with Crippen LogP contribution in [-0.4, -0.2) is 6.21 Å². The molecule has 0 saturated heterocycles. The number of nitrogens with zero attached hydrogens (tertiary/aromatic N) is 1. The Kier molecular flexibility index (Phi) is 13.1. The van der Waals surface area contributed by atoms with E-state index >= 15 is 0 Å². The van der Waals surface area contributed by atoms with Crippen LogP contribution in [0.15, 0.2) is 52.2 Å². The quantitative estimate of drug-likeness (QED) is 0.251. The summed E-state index contributed by atoms with van der Waals surface area (Å²) in [7, 11) is 0. The van der Waals surface area contributed by atoms with Gasteiger partial charge in [0.1, 0.15) is 0 Å². The Morgan fingerprint density at radius 1 is 1.12 bits per heavy atom. The second-order valence-corrected chi connectivity index (χ2v) is 7.63. The Morgan fingerprint density at radius 2 is 1.80 bits per heavy atom. The summed E-state index contributed by atoms with van der Waals surface area (Å²) in [6.07, 6.45) is 15.9. The van der Waals surface area contributed by atoms with Crippen LogP contribution in [0.2, 0.25) is 0 Å². The van der Waals surface area contributed by atoms with E-state index in [0.717, 1.165) is 24.5 Å². The first-order chi connectivity index (χ1) is 11.8. The summed E-state index contributed by atoms with van der Waals surface area (Å²) in [5, 5.41) is 0. The molecule has 0 aromatic heterocycles. The molecule has 0 rings (SSSR count). The molecule has 0 bridgehead atoms. The van der Waals surface area contributed by atoms with E-state index in [-0.39, 0.29) is 0 Å². The summed E-state index contributed by atoms with van der Waals surface area (Å²) < 4.78 is 0. The van der Waals surface area contributed by atoms with Gasteiger partial charge in [0.25, 0.3) is 0 Å². The van der Waals surface area contributed by atoms with E-state index in [4.69, 9.17) is 0 Å². The summed E-state index contributed by atoms with van der Waals surface area (Å²) in [5.74, 6) is 1.34. The van der Waals surface area contributed by atoms with Gasteiger partial charge in [0.05, 0.1) is 0 Å². The molecule has 0 saturated carbocycles. The van der Waals surface area contributed by atoms with Gasteiger partial charge in [-0.15, -0.1) is 0 Å². The van der Waals surface area contributed by atoms with E-state index in [0.29, 0.717) is 5.92 Å². The summed E-state index contributed by atoms with van der Waals surface area (Å²) in [4.78, 5) is 4.58. The number of hydrogen-bond donors (Lipinski definition) is 0. The van der Waals surface area contributed by atoms with Crippen molar-refractivity contribution in [3.05, 3.63) is 47.2 Å². The van der Waals surface area contributed by atoms with Crippen molar-refractivity contribution in [2.75, 3.05) is 0 Å². The monoisotopic (exact) mass is 343 g/mol. The zero-order valence-electron chi connectivity index (χ0n) is 17.9. The Morgan fingerprint density at radius 3 is 2.36 bits per heavy atom. The molecule has 0 fully saturated rings. The van der Waals surface area contributed by atoms with Gasteiger partial charge in [-0.25, -0.2) is 0 Å². The van der Waals surface area contributed by atoms with Crippen molar-refractivity contribution in [2.45, 2.75) is 87.0 Å². The molecule has 1 heteroatoms. The molecule has 0 heterocycles. The topological polar surface area (TPSA) is 12.4 Å². The van der Waals surface area contributed by atoms with Crippen LogP contribution in [0.4, 0.5) is 0 Å². The van der Waals surface area contributed by atoms with E-state index in [9.17, 15) is 0 Å². The van der Waals surface area contributed by atoms with Crippen LogP contribution in [0.1, 0.15) is 87.0 Å². The Hall–Kier alpha value is -1.37. The van der Waals surface area contributed by atoms with Gasteiger partial charge >= 0.3 is 0 Å². The Balaban J connectivity index is 4.82. The first kappa shape index (κ1) is 23.6. The molecular weight excluding hydrogens is 302 g/mol. The highest BCUT2D eigenvalue weighted by molar-refractivity contribution is 5.79. The van der Waals surface area contributed by atoms with Crippen molar-refractivity contribution in [3.8, 4) is 0 Å². The lowest BCUT2D eigenvalue weighted by atomic mass is 9.90.